The molecular weight excluding hydrogens is 230 g/mol. The highest BCUT2D eigenvalue weighted by Crippen LogP contribution is 2.00. The summed E-state index contributed by atoms with van der Waals surface area (Å²) in [5.74, 6) is 0. The average Bonchev–Trinajstić information content (AvgIpc) is 2.40. The van der Waals surface area contributed by atoms with Crippen LogP contribution in [0.4, 0.5) is 0 Å². The van der Waals surface area contributed by atoms with Gasteiger partial charge in [0.2, 0.25) is 0 Å². The Hall–Kier alpha value is -0.940. The maximum absolute atomic E-state index is 9.66. The Morgan fingerprint density at radius 2 is 2.06 bits per heavy atom. The zero-order valence-electron chi connectivity index (χ0n) is 11.0. The summed E-state index contributed by atoms with van der Waals surface area (Å²) in [6.07, 6.45) is 0.491. The highest BCUT2D eigenvalue weighted by atomic mass is 16.5. The first-order valence-corrected chi connectivity index (χ1v) is 6.32. The Balaban J connectivity index is 1.98. The lowest BCUT2D eigenvalue weighted by atomic mass is 10.2. The predicted molar refractivity (Wildman–Crippen MR) is 71.5 cm³/mol. The highest BCUT2D eigenvalue weighted by molar-refractivity contribution is 5.13. The third-order valence-corrected chi connectivity index (χ3v) is 2.50. The molecule has 0 bridgehead atoms. The van der Waals surface area contributed by atoms with Crippen LogP contribution in [0.5, 0.6) is 0 Å². The molecule has 0 amide bonds. The molecule has 18 heavy (non-hydrogen) atoms. The topological polar surface area (TPSA) is 50.7 Å². The van der Waals surface area contributed by atoms with Crippen molar-refractivity contribution >= 4 is 0 Å². The number of nitrogens with one attached hydrogen (secondary N) is 1. The van der Waals surface area contributed by atoms with Crippen LogP contribution in [-0.4, -0.2) is 44.6 Å². The molecule has 1 unspecified atom stereocenters. The van der Waals surface area contributed by atoms with Gasteiger partial charge in [0.15, 0.2) is 0 Å². The van der Waals surface area contributed by atoms with E-state index in [4.69, 9.17) is 9.47 Å². The van der Waals surface area contributed by atoms with Crippen LogP contribution >= 0.6 is 0 Å². The van der Waals surface area contributed by atoms with E-state index in [1.54, 1.807) is 7.11 Å². The summed E-state index contributed by atoms with van der Waals surface area (Å²) in [6.45, 7) is 3.05. The molecule has 1 atom stereocenters. The van der Waals surface area contributed by atoms with Crippen LogP contribution in [0.1, 0.15) is 12.0 Å². The van der Waals surface area contributed by atoms with Gasteiger partial charge in [0.1, 0.15) is 0 Å². The molecule has 0 aliphatic heterocycles. The molecule has 1 aromatic rings. The lowest BCUT2D eigenvalue weighted by molar-refractivity contribution is 0.0287. The zero-order valence-corrected chi connectivity index (χ0v) is 11.0. The van der Waals surface area contributed by atoms with Crippen molar-refractivity contribution in [3.8, 4) is 0 Å². The second-order valence-corrected chi connectivity index (χ2v) is 4.21. The second kappa shape index (κ2) is 10.0. The van der Waals surface area contributed by atoms with Crippen molar-refractivity contribution in [3.05, 3.63) is 35.9 Å². The number of methoxy groups -OCH3 is 1. The van der Waals surface area contributed by atoms with Gasteiger partial charge in [0, 0.05) is 20.3 Å². The predicted octanol–water partition coefficient (Wildman–Crippen LogP) is 1.19. The monoisotopic (exact) mass is 253 g/mol. The normalized spacial score (nSPS) is 12.6. The van der Waals surface area contributed by atoms with E-state index in [-0.39, 0.29) is 0 Å². The summed E-state index contributed by atoms with van der Waals surface area (Å²) in [5.41, 5.74) is 1.12. The first kappa shape index (κ1) is 15.1. The van der Waals surface area contributed by atoms with Crippen LogP contribution in [0, 0.1) is 0 Å². The third kappa shape index (κ3) is 7.40. The molecule has 0 spiro atoms. The van der Waals surface area contributed by atoms with E-state index in [1.807, 2.05) is 30.3 Å². The molecule has 0 heterocycles. The number of aliphatic hydroxyl groups excluding tert-OH is 1. The van der Waals surface area contributed by atoms with Crippen LogP contribution in [0.3, 0.4) is 0 Å². The Labute approximate surface area is 109 Å². The summed E-state index contributed by atoms with van der Waals surface area (Å²) in [5, 5.41) is 12.8. The molecule has 0 aromatic heterocycles. The summed E-state index contributed by atoms with van der Waals surface area (Å²) < 4.78 is 10.4. The van der Waals surface area contributed by atoms with Crippen molar-refractivity contribution < 1.29 is 14.6 Å². The van der Waals surface area contributed by atoms with Crippen LogP contribution in [0.15, 0.2) is 30.3 Å². The molecule has 0 fully saturated rings. The second-order valence-electron chi connectivity index (χ2n) is 4.21. The van der Waals surface area contributed by atoms with E-state index in [1.165, 1.54) is 0 Å². The number of ether oxygens (including phenoxy) is 2. The van der Waals surface area contributed by atoms with Crippen molar-refractivity contribution in [2.24, 2.45) is 0 Å². The standard InChI is InChI=1S/C14H23NO3/c1-17-9-5-8-15-10-14(16)12-18-11-13-6-3-2-4-7-13/h2-4,6-7,14-16H,5,8-12H2,1H3. The van der Waals surface area contributed by atoms with Crippen molar-refractivity contribution in [2.75, 3.05) is 33.4 Å². The summed E-state index contributed by atoms with van der Waals surface area (Å²) in [7, 11) is 1.69. The number of hydrogen-bond donors (Lipinski definition) is 2. The quantitative estimate of drug-likeness (QED) is 0.615. The summed E-state index contributed by atoms with van der Waals surface area (Å²) in [4.78, 5) is 0. The fourth-order valence-electron chi connectivity index (χ4n) is 1.56. The summed E-state index contributed by atoms with van der Waals surface area (Å²) in [6, 6.07) is 9.95. The minimum absolute atomic E-state index is 0.353. The number of aliphatic hydroxyl groups is 1. The Kier molecular flexibility index (Phi) is 8.42. The fourth-order valence-corrected chi connectivity index (χ4v) is 1.56. The first-order chi connectivity index (χ1) is 8.83. The average molecular weight is 253 g/mol. The molecular formula is C14H23NO3. The maximum Gasteiger partial charge on any atom is 0.0897 e. The van der Waals surface area contributed by atoms with Gasteiger partial charge in [0.05, 0.1) is 19.3 Å². The van der Waals surface area contributed by atoms with Gasteiger partial charge in [-0.15, -0.1) is 0 Å². The van der Waals surface area contributed by atoms with E-state index in [0.29, 0.717) is 19.8 Å². The molecule has 0 saturated carbocycles. The third-order valence-electron chi connectivity index (χ3n) is 2.50. The van der Waals surface area contributed by atoms with Crippen molar-refractivity contribution in [2.45, 2.75) is 19.1 Å². The lowest BCUT2D eigenvalue weighted by Crippen LogP contribution is -2.31. The smallest absolute Gasteiger partial charge is 0.0897 e. The fraction of sp³-hybridized carbons (Fsp3) is 0.571. The van der Waals surface area contributed by atoms with Crippen LogP contribution < -0.4 is 5.32 Å². The Bertz CT molecular complexity index is 292. The molecule has 0 saturated heterocycles. The van der Waals surface area contributed by atoms with Gasteiger partial charge in [-0.1, -0.05) is 30.3 Å². The SMILES string of the molecule is COCCCNCC(O)COCc1ccccc1. The van der Waals surface area contributed by atoms with E-state index in [9.17, 15) is 5.11 Å². The van der Waals surface area contributed by atoms with E-state index in [2.05, 4.69) is 5.32 Å². The van der Waals surface area contributed by atoms with Gasteiger partial charge in [-0.2, -0.15) is 0 Å². The van der Waals surface area contributed by atoms with Gasteiger partial charge in [0.25, 0.3) is 0 Å². The molecule has 4 nitrogen and oxygen atoms in total. The van der Waals surface area contributed by atoms with Crippen LogP contribution in [0.2, 0.25) is 0 Å². The maximum atomic E-state index is 9.66. The number of rotatable bonds is 10. The number of benzene rings is 1. The Morgan fingerprint density at radius 1 is 1.28 bits per heavy atom. The number of hydrogen-bond acceptors (Lipinski definition) is 4. The van der Waals surface area contributed by atoms with E-state index in [0.717, 1.165) is 25.1 Å². The van der Waals surface area contributed by atoms with Crippen molar-refractivity contribution in [1.82, 2.24) is 5.32 Å². The Morgan fingerprint density at radius 3 is 2.78 bits per heavy atom. The van der Waals surface area contributed by atoms with Gasteiger partial charge in [-0.25, -0.2) is 0 Å². The van der Waals surface area contributed by atoms with Gasteiger partial charge in [-0.3, -0.25) is 0 Å². The molecule has 1 aromatic carbocycles. The molecule has 1 rings (SSSR count). The van der Waals surface area contributed by atoms with E-state index >= 15 is 0 Å². The van der Waals surface area contributed by atoms with Crippen LogP contribution in [-0.2, 0) is 16.1 Å². The molecule has 2 N–H and O–H groups in total. The van der Waals surface area contributed by atoms with Crippen LogP contribution in [0.25, 0.3) is 0 Å². The van der Waals surface area contributed by atoms with E-state index < -0.39 is 6.10 Å². The minimum atomic E-state index is -0.462. The molecule has 0 aliphatic carbocycles. The zero-order chi connectivity index (χ0) is 13.1. The molecule has 4 heteroatoms. The molecule has 0 radical (unpaired) electrons. The lowest BCUT2D eigenvalue weighted by Gasteiger charge is -2.12. The molecule has 0 aliphatic rings. The van der Waals surface area contributed by atoms with Gasteiger partial charge in [-0.05, 0) is 18.5 Å². The molecule has 102 valence electrons. The minimum Gasteiger partial charge on any atom is -0.389 e. The highest BCUT2D eigenvalue weighted by Gasteiger charge is 2.03. The first-order valence-electron chi connectivity index (χ1n) is 6.32. The largest absolute Gasteiger partial charge is 0.389 e. The van der Waals surface area contributed by atoms with Crippen molar-refractivity contribution in [1.29, 1.82) is 0 Å². The van der Waals surface area contributed by atoms with Gasteiger partial charge >= 0.3 is 0 Å². The van der Waals surface area contributed by atoms with Gasteiger partial charge < -0.3 is 19.9 Å². The summed E-state index contributed by atoms with van der Waals surface area (Å²) >= 11 is 0. The van der Waals surface area contributed by atoms with Crippen molar-refractivity contribution in [3.63, 3.8) is 0 Å².